The predicted molar refractivity (Wildman–Crippen MR) is 135 cm³/mol. The summed E-state index contributed by atoms with van der Waals surface area (Å²) in [5, 5.41) is 5.36. The number of amides is 3. The highest BCUT2D eigenvalue weighted by Crippen LogP contribution is 2.36. The molecule has 35 heavy (non-hydrogen) atoms. The van der Waals surface area contributed by atoms with E-state index in [0.717, 1.165) is 16.6 Å². The Morgan fingerprint density at radius 2 is 1.34 bits per heavy atom. The Morgan fingerprint density at radius 3 is 1.86 bits per heavy atom. The monoisotopic (exact) mass is 479 g/mol. The molecule has 1 heterocycles. The zero-order valence-electron chi connectivity index (χ0n) is 21.0. The number of hydrogen-bond donors (Lipinski definition) is 3. The Hall–Kier alpha value is -3.17. The first-order valence-electron chi connectivity index (χ1n) is 11.7. The number of nitrogens with one attached hydrogen (secondary N) is 2. The second-order valence-electron chi connectivity index (χ2n) is 9.94. The molecule has 0 bridgehead atoms. The van der Waals surface area contributed by atoms with Crippen molar-refractivity contribution >= 4 is 30.3 Å². The van der Waals surface area contributed by atoms with Crippen LogP contribution < -0.4 is 21.8 Å². The van der Waals surface area contributed by atoms with Gasteiger partial charge in [-0.15, -0.1) is 0 Å². The SMILES string of the molecule is CC(=O)N[C@H](Cc1ccccc1)C(=O)N[C@@H](Cc1ccc(B2OC(C)(C)C(C)(C)O2)cc1)C(N)=O. The third-order valence-electron chi connectivity index (χ3n) is 6.58. The highest BCUT2D eigenvalue weighted by molar-refractivity contribution is 6.62. The molecule has 0 aliphatic carbocycles. The molecule has 1 aliphatic heterocycles. The van der Waals surface area contributed by atoms with Crippen LogP contribution in [0, 0.1) is 0 Å². The fourth-order valence-corrected chi connectivity index (χ4v) is 3.83. The Labute approximate surface area is 207 Å². The number of hydrogen-bond acceptors (Lipinski definition) is 5. The molecular weight excluding hydrogens is 445 g/mol. The summed E-state index contributed by atoms with van der Waals surface area (Å²) in [7, 11) is -0.489. The summed E-state index contributed by atoms with van der Waals surface area (Å²) in [5.41, 5.74) is 7.27. The van der Waals surface area contributed by atoms with Crippen LogP contribution in [0.4, 0.5) is 0 Å². The van der Waals surface area contributed by atoms with Gasteiger partial charge in [0.25, 0.3) is 0 Å². The highest BCUT2D eigenvalue weighted by Gasteiger charge is 2.51. The van der Waals surface area contributed by atoms with Crippen molar-refractivity contribution in [3.63, 3.8) is 0 Å². The van der Waals surface area contributed by atoms with Gasteiger partial charge in [-0.05, 0) is 44.3 Å². The summed E-state index contributed by atoms with van der Waals surface area (Å²) >= 11 is 0. The molecule has 4 N–H and O–H groups in total. The van der Waals surface area contributed by atoms with E-state index in [0.29, 0.717) is 6.42 Å². The van der Waals surface area contributed by atoms with E-state index in [1.807, 2.05) is 82.3 Å². The average Bonchev–Trinajstić information content (AvgIpc) is 3.00. The van der Waals surface area contributed by atoms with Crippen LogP contribution in [0.5, 0.6) is 0 Å². The van der Waals surface area contributed by atoms with Gasteiger partial charge in [0.1, 0.15) is 12.1 Å². The summed E-state index contributed by atoms with van der Waals surface area (Å²) in [5.74, 6) is -1.47. The molecular formula is C26H34BN3O5. The maximum Gasteiger partial charge on any atom is 0.494 e. The fourth-order valence-electron chi connectivity index (χ4n) is 3.83. The smallest absolute Gasteiger partial charge is 0.399 e. The van der Waals surface area contributed by atoms with Crippen molar-refractivity contribution in [3.8, 4) is 0 Å². The van der Waals surface area contributed by atoms with Crippen LogP contribution in [0.1, 0.15) is 45.7 Å². The lowest BCUT2D eigenvalue weighted by molar-refractivity contribution is -0.130. The predicted octanol–water partition coefficient (Wildman–Crippen LogP) is 1.25. The molecule has 1 saturated heterocycles. The molecule has 2 aromatic carbocycles. The van der Waals surface area contributed by atoms with Crippen LogP contribution in [0.2, 0.25) is 0 Å². The molecule has 0 unspecified atom stereocenters. The van der Waals surface area contributed by atoms with Crippen molar-refractivity contribution in [2.45, 2.75) is 70.7 Å². The summed E-state index contributed by atoms with van der Waals surface area (Å²) in [6.07, 6.45) is 0.503. The largest absolute Gasteiger partial charge is 0.494 e. The highest BCUT2D eigenvalue weighted by atomic mass is 16.7. The Kier molecular flexibility index (Phi) is 8.02. The Morgan fingerprint density at radius 1 is 0.829 bits per heavy atom. The molecule has 0 saturated carbocycles. The number of nitrogens with two attached hydrogens (primary N) is 1. The minimum absolute atomic E-state index is 0.211. The molecule has 3 amide bonds. The van der Waals surface area contributed by atoms with Crippen LogP contribution >= 0.6 is 0 Å². The lowest BCUT2D eigenvalue weighted by Gasteiger charge is -2.32. The second-order valence-corrected chi connectivity index (χ2v) is 9.94. The van der Waals surface area contributed by atoms with Crippen LogP contribution in [0.25, 0.3) is 0 Å². The van der Waals surface area contributed by atoms with Gasteiger partial charge in [0.15, 0.2) is 0 Å². The molecule has 9 heteroatoms. The van der Waals surface area contributed by atoms with Crippen molar-refractivity contribution in [2.24, 2.45) is 5.73 Å². The first-order chi connectivity index (χ1) is 16.4. The lowest BCUT2D eigenvalue weighted by atomic mass is 9.78. The van der Waals surface area contributed by atoms with Crippen LogP contribution in [0.3, 0.4) is 0 Å². The Bertz CT molecular complexity index is 1040. The molecule has 8 nitrogen and oxygen atoms in total. The minimum atomic E-state index is -0.933. The fraction of sp³-hybridized carbons (Fsp3) is 0.423. The first-order valence-corrected chi connectivity index (χ1v) is 11.7. The van der Waals surface area contributed by atoms with Crippen molar-refractivity contribution < 1.29 is 23.7 Å². The normalized spacial score (nSPS) is 17.9. The molecule has 0 radical (unpaired) electrons. The number of rotatable bonds is 9. The molecule has 1 aliphatic rings. The van der Waals surface area contributed by atoms with Gasteiger partial charge in [-0.3, -0.25) is 14.4 Å². The van der Waals surface area contributed by atoms with Crippen LogP contribution in [-0.2, 0) is 36.5 Å². The third kappa shape index (κ3) is 6.71. The number of primary amides is 1. The van der Waals surface area contributed by atoms with Crippen molar-refractivity contribution in [1.29, 1.82) is 0 Å². The van der Waals surface area contributed by atoms with Crippen LogP contribution in [0.15, 0.2) is 54.6 Å². The van der Waals surface area contributed by atoms with Gasteiger partial charge in [-0.2, -0.15) is 0 Å². The second kappa shape index (κ2) is 10.6. The standard InChI is InChI=1S/C26H34BN3O5/c1-17(31)29-22(16-18-9-7-6-8-10-18)24(33)30-21(23(28)32)15-19-11-13-20(14-12-19)27-34-25(2,3)26(4,5)35-27/h6-14,21-22H,15-16H2,1-5H3,(H2,28,32)(H,29,31)(H,30,33)/t21-,22+/m0/s1. The summed E-state index contributed by atoms with van der Waals surface area (Å²) in [4.78, 5) is 36.8. The van der Waals surface area contributed by atoms with Gasteiger partial charge in [0.2, 0.25) is 17.7 Å². The van der Waals surface area contributed by atoms with Crippen molar-refractivity contribution in [1.82, 2.24) is 10.6 Å². The molecule has 2 atom stereocenters. The summed E-state index contributed by atoms with van der Waals surface area (Å²) in [6, 6.07) is 15.0. The van der Waals surface area contributed by atoms with E-state index >= 15 is 0 Å². The summed E-state index contributed by atoms with van der Waals surface area (Å²) < 4.78 is 12.2. The molecule has 0 spiro atoms. The van der Waals surface area contributed by atoms with Gasteiger partial charge in [-0.1, -0.05) is 54.6 Å². The van der Waals surface area contributed by atoms with Gasteiger partial charge < -0.3 is 25.7 Å². The van der Waals surface area contributed by atoms with Crippen molar-refractivity contribution in [3.05, 3.63) is 65.7 Å². The molecule has 0 aromatic heterocycles. The van der Waals surface area contributed by atoms with Gasteiger partial charge in [0.05, 0.1) is 11.2 Å². The van der Waals surface area contributed by atoms with Gasteiger partial charge >= 0.3 is 7.12 Å². The van der Waals surface area contributed by atoms with Crippen molar-refractivity contribution in [2.75, 3.05) is 0 Å². The molecule has 2 aromatic rings. The number of carbonyl (C=O) groups is 3. The van der Waals surface area contributed by atoms with E-state index in [4.69, 9.17) is 15.0 Å². The minimum Gasteiger partial charge on any atom is -0.399 e. The Balaban J connectivity index is 1.67. The average molecular weight is 479 g/mol. The number of benzene rings is 2. The third-order valence-corrected chi connectivity index (χ3v) is 6.58. The maximum absolute atomic E-state index is 13.0. The van der Waals surface area contributed by atoms with Gasteiger partial charge in [-0.25, -0.2) is 0 Å². The zero-order valence-corrected chi connectivity index (χ0v) is 21.0. The first kappa shape index (κ1) is 26.4. The van der Waals surface area contributed by atoms with E-state index in [9.17, 15) is 14.4 Å². The van der Waals surface area contributed by atoms with E-state index in [1.165, 1.54) is 6.92 Å². The molecule has 1 fully saturated rings. The summed E-state index contributed by atoms with van der Waals surface area (Å²) in [6.45, 7) is 9.32. The van der Waals surface area contributed by atoms with Gasteiger partial charge in [0, 0.05) is 19.8 Å². The number of carbonyl (C=O) groups excluding carboxylic acids is 3. The zero-order chi connectivity index (χ0) is 25.8. The van der Waals surface area contributed by atoms with Crippen LogP contribution in [-0.4, -0.2) is 48.1 Å². The quantitative estimate of drug-likeness (QED) is 0.468. The topological polar surface area (TPSA) is 120 Å². The maximum atomic E-state index is 13.0. The molecule has 186 valence electrons. The van der Waals surface area contributed by atoms with E-state index in [1.54, 1.807) is 0 Å². The van der Waals surface area contributed by atoms with E-state index in [-0.39, 0.29) is 12.3 Å². The molecule has 3 rings (SSSR count). The van der Waals surface area contributed by atoms with E-state index in [2.05, 4.69) is 10.6 Å². The van der Waals surface area contributed by atoms with E-state index < -0.39 is 42.2 Å². The lowest BCUT2D eigenvalue weighted by Crippen LogP contribution is -2.54.